The van der Waals surface area contributed by atoms with E-state index in [1.165, 1.54) is 24.8 Å². The zero-order valence-electron chi connectivity index (χ0n) is 11.1. The average molecular weight is 296 g/mol. The Bertz CT molecular complexity index is 398. The number of nitrogens with zero attached hydrogens (tertiary/aromatic N) is 1. The van der Waals surface area contributed by atoms with Crippen molar-refractivity contribution in [3.05, 3.63) is 34.9 Å². The third-order valence-electron chi connectivity index (χ3n) is 3.94. The van der Waals surface area contributed by atoms with Crippen molar-refractivity contribution in [2.75, 3.05) is 12.4 Å². The zero-order valence-corrected chi connectivity index (χ0v) is 12.7. The molecule has 1 aliphatic rings. The Labute approximate surface area is 113 Å². The summed E-state index contributed by atoms with van der Waals surface area (Å²) in [5.74, 6) is 0. The van der Waals surface area contributed by atoms with E-state index < -0.39 is 0 Å². The predicted octanol–water partition coefficient (Wildman–Crippen LogP) is 3.78. The van der Waals surface area contributed by atoms with Gasteiger partial charge in [-0.2, -0.15) is 0 Å². The summed E-state index contributed by atoms with van der Waals surface area (Å²) < 4.78 is 0. The number of alkyl halides is 1. The predicted molar refractivity (Wildman–Crippen MR) is 77.8 cm³/mol. The molecule has 1 aromatic rings. The highest BCUT2D eigenvalue weighted by atomic mass is 79.9. The fourth-order valence-electron chi connectivity index (χ4n) is 2.31. The number of fused-ring (bicyclic) bond motifs is 1. The first kappa shape index (κ1) is 13.1. The number of hydrogen-bond acceptors (Lipinski definition) is 1. The quantitative estimate of drug-likeness (QED) is 0.764. The van der Waals surface area contributed by atoms with Gasteiger partial charge in [-0.1, -0.05) is 34.1 Å². The van der Waals surface area contributed by atoms with Crippen molar-refractivity contribution in [1.82, 2.24) is 4.90 Å². The summed E-state index contributed by atoms with van der Waals surface area (Å²) in [6.07, 6.45) is 3.88. The van der Waals surface area contributed by atoms with Gasteiger partial charge in [-0.3, -0.25) is 4.90 Å². The van der Waals surface area contributed by atoms with E-state index in [1.807, 2.05) is 0 Å². The smallest absolute Gasteiger partial charge is 0.0250 e. The lowest BCUT2D eigenvalue weighted by atomic mass is 10.0. The van der Waals surface area contributed by atoms with Gasteiger partial charge in [-0.05, 0) is 56.8 Å². The third-order valence-corrected chi connectivity index (χ3v) is 5.32. The number of benzene rings is 1. The van der Waals surface area contributed by atoms with E-state index in [2.05, 4.69) is 59.9 Å². The molecule has 1 aromatic carbocycles. The molecule has 0 radical (unpaired) electrons. The number of hydrogen-bond donors (Lipinski definition) is 0. The Kier molecular flexibility index (Phi) is 3.94. The standard InChI is InChI=1S/C15H22BrN/c1-15(2,11-16)17(3)10-12-7-8-13-5-4-6-14(13)9-12/h7-9H,4-6,10-11H2,1-3H3. The molecule has 1 aliphatic carbocycles. The highest BCUT2D eigenvalue weighted by Crippen LogP contribution is 2.24. The first-order valence-corrected chi connectivity index (χ1v) is 7.53. The fraction of sp³-hybridized carbons (Fsp3) is 0.600. The van der Waals surface area contributed by atoms with Crippen LogP contribution in [-0.2, 0) is 19.4 Å². The van der Waals surface area contributed by atoms with E-state index in [0.29, 0.717) is 0 Å². The van der Waals surface area contributed by atoms with Crippen molar-refractivity contribution >= 4 is 15.9 Å². The Balaban J connectivity index is 2.09. The van der Waals surface area contributed by atoms with E-state index in [-0.39, 0.29) is 5.54 Å². The molecule has 0 fully saturated rings. The van der Waals surface area contributed by atoms with Gasteiger partial charge in [0, 0.05) is 17.4 Å². The van der Waals surface area contributed by atoms with Gasteiger partial charge in [-0.25, -0.2) is 0 Å². The van der Waals surface area contributed by atoms with E-state index in [9.17, 15) is 0 Å². The molecule has 0 amide bonds. The average Bonchev–Trinajstić information content (AvgIpc) is 2.76. The van der Waals surface area contributed by atoms with Gasteiger partial charge in [0.1, 0.15) is 0 Å². The summed E-state index contributed by atoms with van der Waals surface area (Å²) in [5.41, 5.74) is 4.80. The topological polar surface area (TPSA) is 3.24 Å². The van der Waals surface area contributed by atoms with Crippen LogP contribution in [-0.4, -0.2) is 22.8 Å². The van der Waals surface area contributed by atoms with Crippen LogP contribution >= 0.6 is 15.9 Å². The lowest BCUT2D eigenvalue weighted by molar-refractivity contribution is 0.173. The van der Waals surface area contributed by atoms with Gasteiger partial charge < -0.3 is 0 Å². The SMILES string of the molecule is CN(Cc1ccc2c(c1)CCC2)C(C)(C)CBr. The maximum absolute atomic E-state index is 3.59. The van der Waals surface area contributed by atoms with Crippen LogP contribution in [0.4, 0.5) is 0 Å². The normalized spacial score (nSPS) is 15.4. The molecule has 0 aromatic heterocycles. The molecule has 0 saturated heterocycles. The van der Waals surface area contributed by atoms with Crippen molar-refractivity contribution < 1.29 is 0 Å². The van der Waals surface area contributed by atoms with Crippen LogP contribution in [0.15, 0.2) is 18.2 Å². The molecule has 1 nitrogen and oxygen atoms in total. The maximum atomic E-state index is 3.59. The first-order valence-electron chi connectivity index (χ1n) is 6.41. The first-order chi connectivity index (χ1) is 8.03. The fourth-order valence-corrected chi connectivity index (χ4v) is 2.74. The molecule has 0 bridgehead atoms. The highest BCUT2D eigenvalue weighted by molar-refractivity contribution is 9.09. The summed E-state index contributed by atoms with van der Waals surface area (Å²) in [6.45, 7) is 5.58. The largest absolute Gasteiger partial charge is 0.296 e. The molecule has 0 heterocycles. The van der Waals surface area contributed by atoms with Crippen molar-refractivity contribution in [3.63, 3.8) is 0 Å². The van der Waals surface area contributed by atoms with Gasteiger partial charge in [0.05, 0.1) is 0 Å². The van der Waals surface area contributed by atoms with Crippen molar-refractivity contribution in [3.8, 4) is 0 Å². The van der Waals surface area contributed by atoms with E-state index >= 15 is 0 Å². The Morgan fingerprint density at radius 2 is 1.94 bits per heavy atom. The number of halogens is 1. The summed E-state index contributed by atoms with van der Waals surface area (Å²) in [6, 6.07) is 7.03. The van der Waals surface area contributed by atoms with E-state index in [0.717, 1.165) is 11.9 Å². The van der Waals surface area contributed by atoms with Crippen molar-refractivity contribution in [2.24, 2.45) is 0 Å². The van der Waals surface area contributed by atoms with Crippen LogP contribution in [0.1, 0.15) is 37.0 Å². The molecule has 2 heteroatoms. The van der Waals surface area contributed by atoms with Crippen LogP contribution in [0.2, 0.25) is 0 Å². The highest BCUT2D eigenvalue weighted by Gasteiger charge is 2.22. The Morgan fingerprint density at radius 3 is 2.65 bits per heavy atom. The van der Waals surface area contributed by atoms with Crippen molar-refractivity contribution in [2.45, 2.75) is 45.2 Å². The summed E-state index contributed by atoms with van der Waals surface area (Å²) in [5, 5.41) is 1.00. The minimum atomic E-state index is 0.207. The van der Waals surface area contributed by atoms with Crippen LogP contribution in [0, 0.1) is 0 Å². The summed E-state index contributed by atoms with van der Waals surface area (Å²) in [7, 11) is 2.20. The lowest BCUT2D eigenvalue weighted by Gasteiger charge is -2.34. The molecule has 0 unspecified atom stereocenters. The Hall–Kier alpha value is -0.340. The second-order valence-electron chi connectivity index (χ2n) is 5.76. The minimum absolute atomic E-state index is 0.207. The molecular weight excluding hydrogens is 274 g/mol. The molecule has 0 aliphatic heterocycles. The van der Waals surface area contributed by atoms with Crippen LogP contribution in [0.5, 0.6) is 0 Å². The van der Waals surface area contributed by atoms with E-state index in [1.54, 1.807) is 11.1 Å². The van der Waals surface area contributed by atoms with E-state index in [4.69, 9.17) is 0 Å². The van der Waals surface area contributed by atoms with Gasteiger partial charge in [0.25, 0.3) is 0 Å². The number of aryl methyl sites for hydroxylation is 2. The maximum Gasteiger partial charge on any atom is 0.0250 e. The monoisotopic (exact) mass is 295 g/mol. The van der Waals surface area contributed by atoms with Crippen molar-refractivity contribution in [1.29, 1.82) is 0 Å². The molecular formula is C15H22BrN. The molecule has 0 spiro atoms. The van der Waals surface area contributed by atoms with Crippen LogP contribution in [0.3, 0.4) is 0 Å². The zero-order chi connectivity index (χ0) is 12.5. The lowest BCUT2D eigenvalue weighted by Crippen LogP contribution is -2.41. The molecule has 2 rings (SSSR count). The second-order valence-corrected chi connectivity index (χ2v) is 6.32. The second kappa shape index (κ2) is 5.11. The molecule has 0 N–H and O–H groups in total. The van der Waals surface area contributed by atoms with Gasteiger partial charge in [0.15, 0.2) is 0 Å². The van der Waals surface area contributed by atoms with Gasteiger partial charge in [0.2, 0.25) is 0 Å². The summed E-state index contributed by atoms with van der Waals surface area (Å²) in [4.78, 5) is 2.42. The molecule has 94 valence electrons. The minimum Gasteiger partial charge on any atom is -0.296 e. The molecule has 17 heavy (non-hydrogen) atoms. The summed E-state index contributed by atoms with van der Waals surface area (Å²) >= 11 is 3.59. The number of rotatable bonds is 4. The molecule has 0 atom stereocenters. The Morgan fingerprint density at radius 1 is 1.24 bits per heavy atom. The van der Waals surface area contributed by atoms with Gasteiger partial charge in [-0.15, -0.1) is 0 Å². The third kappa shape index (κ3) is 2.92. The molecule has 0 saturated carbocycles. The van der Waals surface area contributed by atoms with Crippen LogP contribution < -0.4 is 0 Å². The van der Waals surface area contributed by atoms with Gasteiger partial charge >= 0.3 is 0 Å². The van der Waals surface area contributed by atoms with Crippen LogP contribution in [0.25, 0.3) is 0 Å².